The van der Waals surface area contributed by atoms with E-state index >= 15 is 0 Å². The van der Waals surface area contributed by atoms with E-state index in [1.165, 1.54) is 18.2 Å². The predicted molar refractivity (Wildman–Crippen MR) is 69.8 cm³/mol. The smallest absolute Gasteiger partial charge is 0.253 e. The summed E-state index contributed by atoms with van der Waals surface area (Å²) < 4.78 is 13.4. The van der Waals surface area contributed by atoms with Gasteiger partial charge in [-0.25, -0.2) is 4.39 Å². The van der Waals surface area contributed by atoms with Crippen molar-refractivity contribution in [3.05, 3.63) is 34.1 Å². The number of hydrogen-bond acceptors (Lipinski definition) is 2. The summed E-state index contributed by atoms with van der Waals surface area (Å²) >= 11 is 3.06. The lowest BCUT2D eigenvalue weighted by Crippen LogP contribution is -2.45. The van der Waals surface area contributed by atoms with E-state index in [0.29, 0.717) is 18.7 Å². The van der Waals surface area contributed by atoms with Gasteiger partial charge < -0.3 is 10.0 Å². The van der Waals surface area contributed by atoms with Gasteiger partial charge in [0.1, 0.15) is 5.82 Å². The van der Waals surface area contributed by atoms with Crippen molar-refractivity contribution in [3.8, 4) is 0 Å². The molecule has 1 amide bonds. The molecule has 5 heteroatoms. The van der Waals surface area contributed by atoms with E-state index in [9.17, 15) is 14.3 Å². The van der Waals surface area contributed by atoms with Crippen molar-refractivity contribution < 1.29 is 14.3 Å². The Kier molecular flexibility index (Phi) is 4.02. The number of carbonyl (C=O) groups is 1. The van der Waals surface area contributed by atoms with Crippen molar-refractivity contribution in [2.24, 2.45) is 5.92 Å². The van der Waals surface area contributed by atoms with Gasteiger partial charge in [-0.1, -0.05) is 6.92 Å². The first kappa shape index (κ1) is 13.5. The van der Waals surface area contributed by atoms with E-state index in [1.807, 2.05) is 6.92 Å². The summed E-state index contributed by atoms with van der Waals surface area (Å²) in [4.78, 5) is 13.8. The first-order valence-electron chi connectivity index (χ1n) is 5.91. The average Bonchev–Trinajstić information content (AvgIpc) is 2.35. The summed E-state index contributed by atoms with van der Waals surface area (Å²) in [5.41, 5.74) is 0.435. The summed E-state index contributed by atoms with van der Waals surface area (Å²) in [6.45, 7) is 2.95. The zero-order valence-corrected chi connectivity index (χ0v) is 11.7. The highest BCUT2D eigenvalue weighted by Gasteiger charge is 2.27. The van der Waals surface area contributed by atoms with Crippen LogP contribution in [0.4, 0.5) is 4.39 Å². The highest BCUT2D eigenvalue weighted by atomic mass is 79.9. The number of nitrogens with zero attached hydrogens (tertiary/aromatic N) is 1. The summed E-state index contributed by atoms with van der Waals surface area (Å²) in [5, 5.41) is 9.78. The monoisotopic (exact) mass is 315 g/mol. The molecule has 1 saturated heterocycles. The molecule has 2 atom stereocenters. The minimum absolute atomic E-state index is 0.165. The third-order valence-electron chi connectivity index (χ3n) is 3.37. The van der Waals surface area contributed by atoms with Crippen LogP contribution < -0.4 is 0 Å². The Hall–Kier alpha value is -0.940. The molecule has 0 aliphatic carbocycles. The molecule has 0 bridgehead atoms. The molecule has 1 aliphatic rings. The quantitative estimate of drug-likeness (QED) is 0.864. The number of aliphatic hydroxyl groups is 1. The number of benzene rings is 1. The van der Waals surface area contributed by atoms with E-state index in [0.717, 1.165) is 6.42 Å². The molecular weight excluding hydrogens is 301 g/mol. The topological polar surface area (TPSA) is 40.5 Å². The number of carbonyl (C=O) groups excluding carboxylic acids is 1. The van der Waals surface area contributed by atoms with Crippen LogP contribution in [-0.2, 0) is 0 Å². The molecule has 2 unspecified atom stereocenters. The van der Waals surface area contributed by atoms with Gasteiger partial charge in [0.2, 0.25) is 0 Å². The van der Waals surface area contributed by atoms with Gasteiger partial charge in [0.05, 0.1) is 10.6 Å². The largest absolute Gasteiger partial charge is 0.391 e. The van der Waals surface area contributed by atoms with Crippen molar-refractivity contribution in [1.82, 2.24) is 4.90 Å². The van der Waals surface area contributed by atoms with Gasteiger partial charge in [-0.05, 0) is 46.5 Å². The highest BCUT2D eigenvalue weighted by Crippen LogP contribution is 2.21. The highest BCUT2D eigenvalue weighted by molar-refractivity contribution is 9.10. The minimum atomic E-state index is -0.480. The third kappa shape index (κ3) is 2.72. The fraction of sp³-hybridized carbons (Fsp3) is 0.462. The molecule has 2 rings (SSSR count). The van der Waals surface area contributed by atoms with Crippen LogP contribution in [0.3, 0.4) is 0 Å². The number of hydrogen-bond donors (Lipinski definition) is 1. The lowest BCUT2D eigenvalue weighted by atomic mass is 9.95. The first-order valence-corrected chi connectivity index (χ1v) is 6.70. The second-order valence-corrected chi connectivity index (χ2v) is 5.57. The lowest BCUT2D eigenvalue weighted by Gasteiger charge is -2.34. The standard InChI is InChI=1S/C13H15BrFNO2/c1-8-4-5-16(7-12(8)17)13(18)9-2-3-11(15)10(14)6-9/h2-3,6,8,12,17H,4-5,7H2,1H3. The maximum absolute atomic E-state index is 13.1. The van der Waals surface area contributed by atoms with Crippen molar-refractivity contribution in [2.45, 2.75) is 19.4 Å². The lowest BCUT2D eigenvalue weighted by molar-refractivity contribution is 0.0248. The van der Waals surface area contributed by atoms with Gasteiger partial charge in [0.15, 0.2) is 0 Å². The van der Waals surface area contributed by atoms with Crippen LogP contribution in [0.15, 0.2) is 22.7 Å². The number of amides is 1. The Balaban J connectivity index is 2.14. The van der Waals surface area contributed by atoms with E-state index < -0.39 is 6.10 Å². The molecule has 0 aromatic heterocycles. The van der Waals surface area contributed by atoms with Gasteiger partial charge >= 0.3 is 0 Å². The summed E-state index contributed by atoms with van der Waals surface area (Å²) in [6, 6.07) is 4.20. The molecule has 1 N–H and O–H groups in total. The van der Waals surface area contributed by atoms with Crippen molar-refractivity contribution in [3.63, 3.8) is 0 Å². The molecule has 1 aliphatic heterocycles. The second-order valence-electron chi connectivity index (χ2n) is 4.71. The number of rotatable bonds is 1. The predicted octanol–water partition coefficient (Wildman–Crippen LogP) is 2.43. The van der Waals surface area contributed by atoms with Gasteiger partial charge in [0, 0.05) is 18.7 Å². The molecule has 3 nitrogen and oxygen atoms in total. The van der Waals surface area contributed by atoms with Gasteiger partial charge in [0.25, 0.3) is 5.91 Å². The van der Waals surface area contributed by atoms with Crippen molar-refractivity contribution in [1.29, 1.82) is 0 Å². The Bertz CT molecular complexity index is 466. The summed E-state index contributed by atoms with van der Waals surface area (Å²) in [7, 11) is 0. The van der Waals surface area contributed by atoms with E-state index in [4.69, 9.17) is 0 Å². The molecule has 1 heterocycles. The van der Waals surface area contributed by atoms with Crippen LogP contribution in [0.2, 0.25) is 0 Å². The number of halogens is 2. The second kappa shape index (κ2) is 5.36. The fourth-order valence-electron chi connectivity index (χ4n) is 2.05. The molecule has 98 valence electrons. The normalized spacial score (nSPS) is 24.1. The van der Waals surface area contributed by atoms with Crippen LogP contribution in [0, 0.1) is 11.7 Å². The van der Waals surface area contributed by atoms with Crippen LogP contribution in [0.25, 0.3) is 0 Å². The number of piperidine rings is 1. The third-order valence-corrected chi connectivity index (χ3v) is 3.98. The Morgan fingerprint density at radius 2 is 2.28 bits per heavy atom. The van der Waals surface area contributed by atoms with E-state index in [2.05, 4.69) is 15.9 Å². The van der Waals surface area contributed by atoms with Crippen LogP contribution in [0.5, 0.6) is 0 Å². The molecule has 0 saturated carbocycles. The molecule has 1 fully saturated rings. The molecule has 1 aromatic rings. The van der Waals surface area contributed by atoms with E-state index in [1.54, 1.807) is 4.90 Å². The maximum Gasteiger partial charge on any atom is 0.253 e. The number of aliphatic hydroxyl groups excluding tert-OH is 1. The number of likely N-dealkylation sites (tertiary alicyclic amines) is 1. The molecule has 18 heavy (non-hydrogen) atoms. The van der Waals surface area contributed by atoms with Gasteiger partial charge in [-0.15, -0.1) is 0 Å². The fourth-order valence-corrected chi connectivity index (χ4v) is 2.42. The maximum atomic E-state index is 13.1. The Labute approximate surface area is 114 Å². The molecule has 1 aromatic carbocycles. The van der Waals surface area contributed by atoms with E-state index in [-0.39, 0.29) is 22.1 Å². The SMILES string of the molecule is CC1CCN(C(=O)c2ccc(F)c(Br)c2)CC1O. The average molecular weight is 316 g/mol. The van der Waals surface area contributed by atoms with Gasteiger partial charge in [-0.3, -0.25) is 4.79 Å². The summed E-state index contributed by atoms with van der Waals surface area (Å²) in [5.74, 6) is -0.338. The first-order chi connectivity index (χ1) is 8.49. The van der Waals surface area contributed by atoms with Crippen molar-refractivity contribution in [2.75, 3.05) is 13.1 Å². The zero-order valence-electron chi connectivity index (χ0n) is 10.1. The molecule has 0 spiro atoms. The van der Waals surface area contributed by atoms with Crippen molar-refractivity contribution >= 4 is 21.8 Å². The van der Waals surface area contributed by atoms with Crippen LogP contribution in [0.1, 0.15) is 23.7 Å². The zero-order chi connectivity index (χ0) is 13.3. The Morgan fingerprint density at radius 3 is 2.89 bits per heavy atom. The number of β-amino-alcohol motifs (C(OH)–C–C–N with tert-alkyl or cyclic N) is 1. The Morgan fingerprint density at radius 1 is 1.56 bits per heavy atom. The molecular formula is C13H15BrFNO2. The van der Waals surface area contributed by atoms with Gasteiger partial charge in [-0.2, -0.15) is 0 Å². The molecule has 0 radical (unpaired) electrons. The van der Waals surface area contributed by atoms with Crippen LogP contribution >= 0.6 is 15.9 Å². The minimum Gasteiger partial charge on any atom is -0.391 e. The summed E-state index contributed by atoms with van der Waals surface area (Å²) in [6.07, 6.45) is 0.307. The van der Waals surface area contributed by atoms with Crippen LogP contribution in [-0.4, -0.2) is 35.1 Å².